The summed E-state index contributed by atoms with van der Waals surface area (Å²) in [5.41, 5.74) is 1.02. The maximum atomic E-state index is 13.1. The number of nitrogens with zero attached hydrogens (tertiary/aromatic N) is 2. The van der Waals surface area contributed by atoms with Crippen LogP contribution in [0.25, 0.3) is 0 Å². The lowest BCUT2D eigenvalue weighted by molar-refractivity contribution is -0.135. The zero-order valence-corrected chi connectivity index (χ0v) is 17.9. The number of halogens is 2. The Morgan fingerprint density at radius 1 is 1.14 bits per heavy atom. The number of carbonyl (C=O) groups is 1. The van der Waals surface area contributed by atoms with Gasteiger partial charge in [-0.2, -0.15) is 4.31 Å². The smallest absolute Gasteiger partial charge is 0.243 e. The highest BCUT2D eigenvalue weighted by molar-refractivity contribution is 9.10. The van der Waals surface area contributed by atoms with Crippen molar-refractivity contribution in [2.45, 2.75) is 24.3 Å². The van der Waals surface area contributed by atoms with Crippen molar-refractivity contribution in [1.29, 1.82) is 0 Å². The second-order valence-corrected chi connectivity index (χ2v) is 9.71. The summed E-state index contributed by atoms with van der Waals surface area (Å²) >= 11 is 3.49. The molecule has 1 saturated heterocycles. The molecule has 150 valence electrons. The van der Waals surface area contributed by atoms with Crippen LogP contribution in [0.5, 0.6) is 0 Å². The van der Waals surface area contributed by atoms with Crippen LogP contribution in [0.2, 0.25) is 0 Å². The van der Waals surface area contributed by atoms with E-state index in [1.165, 1.54) is 16.4 Å². The van der Waals surface area contributed by atoms with Crippen molar-refractivity contribution >= 4 is 31.9 Å². The van der Waals surface area contributed by atoms with E-state index >= 15 is 0 Å². The minimum Gasteiger partial charge on any atom is -0.341 e. The van der Waals surface area contributed by atoms with E-state index in [2.05, 4.69) is 15.9 Å². The lowest BCUT2D eigenvalue weighted by Gasteiger charge is -2.32. The Morgan fingerprint density at radius 3 is 2.36 bits per heavy atom. The molecule has 28 heavy (non-hydrogen) atoms. The minimum atomic E-state index is -3.67. The minimum absolute atomic E-state index is 0.0228. The molecule has 1 aliphatic heterocycles. The number of sulfonamides is 1. The number of benzene rings is 2. The summed E-state index contributed by atoms with van der Waals surface area (Å²) in [5, 5.41) is 0. The first-order valence-electron chi connectivity index (χ1n) is 9.03. The third kappa shape index (κ3) is 4.61. The van der Waals surface area contributed by atoms with Crippen molar-refractivity contribution in [2.75, 3.05) is 20.1 Å². The van der Waals surface area contributed by atoms with E-state index in [-0.39, 0.29) is 29.8 Å². The molecule has 0 N–H and O–H groups in total. The highest BCUT2D eigenvalue weighted by Gasteiger charge is 2.33. The normalized spacial score (nSPS) is 16.1. The Hall–Kier alpha value is -1.77. The molecule has 0 spiro atoms. The predicted octanol–water partition coefficient (Wildman–Crippen LogP) is 3.65. The van der Waals surface area contributed by atoms with Gasteiger partial charge in [-0.3, -0.25) is 4.79 Å². The fraction of sp³-hybridized carbons (Fsp3) is 0.350. The fourth-order valence-electron chi connectivity index (χ4n) is 3.37. The number of piperidine rings is 1. The Bertz CT molecular complexity index is 942. The van der Waals surface area contributed by atoms with Crippen molar-refractivity contribution in [2.24, 2.45) is 5.92 Å². The summed E-state index contributed by atoms with van der Waals surface area (Å²) in [7, 11) is -1.90. The summed E-state index contributed by atoms with van der Waals surface area (Å²) < 4.78 is 40.8. The van der Waals surface area contributed by atoms with Gasteiger partial charge in [-0.15, -0.1) is 0 Å². The van der Waals surface area contributed by atoms with Crippen LogP contribution in [0.4, 0.5) is 4.39 Å². The molecule has 0 unspecified atom stereocenters. The number of amides is 1. The van der Waals surface area contributed by atoms with E-state index in [1.807, 2.05) is 24.3 Å². The molecule has 0 saturated carbocycles. The van der Waals surface area contributed by atoms with Gasteiger partial charge in [0, 0.05) is 37.1 Å². The van der Waals surface area contributed by atoms with E-state index in [0.29, 0.717) is 19.4 Å². The van der Waals surface area contributed by atoms with Crippen LogP contribution in [0.15, 0.2) is 57.9 Å². The van der Waals surface area contributed by atoms with Crippen LogP contribution in [-0.2, 0) is 21.4 Å². The van der Waals surface area contributed by atoms with Crippen molar-refractivity contribution < 1.29 is 17.6 Å². The summed E-state index contributed by atoms with van der Waals surface area (Å²) in [6.07, 6.45) is 0.944. The zero-order valence-electron chi connectivity index (χ0n) is 15.5. The zero-order chi connectivity index (χ0) is 20.3. The van der Waals surface area contributed by atoms with Crippen molar-refractivity contribution in [1.82, 2.24) is 9.21 Å². The SMILES string of the molecule is CN(Cc1ccccc1Br)C(=O)C1CCN(S(=O)(=O)c2ccc(F)cc2)CC1. The maximum absolute atomic E-state index is 13.1. The lowest BCUT2D eigenvalue weighted by Crippen LogP contribution is -2.43. The molecule has 5 nitrogen and oxygen atoms in total. The van der Waals surface area contributed by atoms with Gasteiger partial charge >= 0.3 is 0 Å². The standard InChI is InChI=1S/C20H22BrFN2O3S/c1-23(14-16-4-2-3-5-19(16)21)20(25)15-10-12-24(13-11-15)28(26,27)18-8-6-17(22)7-9-18/h2-9,15H,10-14H2,1H3. The third-order valence-corrected chi connectivity index (χ3v) is 7.68. The number of hydrogen-bond donors (Lipinski definition) is 0. The van der Waals surface area contributed by atoms with Crippen LogP contribution in [0.3, 0.4) is 0 Å². The summed E-state index contributed by atoms with van der Waals surface area (Å²) in [6.45, 7) is 1.05. The Labute approximate surface area is 173 Å². The van der Waals surface area contributed by atoms with E-state index in [0.717, 1.165) is 22.2 Å². The molecule has 1 fully saturated rings. The first-order valence-corrected chi connectivity index (χ1v) is 11.3. The van der Waals surface area contributed by atoms with Gasteiger partial charge in [0.15, 0.2) is 0 Å². The lowest BCUT2D eigenvalue weighted by atomic mass is 9.96. The molecule has 0 aliphatic carbocycles. The number of hydrogen-bond acceptors (Lipinski definition) is 3. The highest BCUT2D eigenvalue weighted by atomic mass is 79.9. The van der Waals surface area contributed by atoms with E-state index in [1.54, 1.807) is 11.9 Å². The van der Waals surface area contributed by atoms with Gasteiger partial charge < -0.3 is 4.90 Å². The molecule has 8 heteroatoms. The van der Waals surface area contributed by atoms with Gasteiger partial charge in [0.2, 0.25) is 15.9 Å². The van der Waals surface area contributed by atoms with Gasteiger partial charge in [0.25, 0.3) is 0 Å². The topological polar surface area (TPSA) is 57.7 Å². The molecule has 2 aromatic rings. The van der Waals surface area contributed by atoms with Gasteiger partial charge in [-0.05, 0) is 48.7 Å². The van der Waals surface area contributed by atoms with Crippen LogP contribution >= 0.6 is 15.9 Å². The third-order valence-electron chi connectivity index (χ3n) is 5.00. The van der Waals surface area contributed by atoms with Gasteiger partial charge in [0.05, 0.1) is 4.90 Å². The fourth-order valence-corrected chi connectivity index (χ4v) is 5.25. The molecule has 2 aromatic carbocycles. The van der Waals surface area contributed by atoms with Gasteiger partial charge in [-0.25, -0.2) is 12.8 Å². The first kappa shape index (κ1) is 21.0. The number of carbonyl (C=O) groups excluding carboxylic acids is 1. The van der Waals surface area contributed by atoms with Gasteiger partial charge in [0.1, 0.15) is 5.82 Å². The largest absolute Gasteiger partial charge is 0.341 e. The monoisotopic (exact) mass is 468 g/mol. The molecular weight excluding hydrogens is 447 g/mol. The Kier molecular flexibility index (Phi) is 6.52. The average molecular weight is 469 g/mol. The number of rotatable bonds is 5. The molecule has 0 aromatic heterocycles. The second kappa shape index (κ2) is 8.71. The average Bonchev–Trinajstić information content (AvgIpc) is 2.69. The molecule has 0 radical (unpaired) electrons. The molecule has 1 aliphatic rings. The molecule has 0 atom stereocenters. The molecule has 1 heterocycles. The van der Waals surface area contributed by atoms with E-state index < -0.39 is 15.8 Å². The Balaban J connectivity index is 1.60. The molecular formula is C20H22BrFN2O3S. The highest BCUT2D eigenvalue weighted by Crippen LogP contribution is 2.26. The molecule has 3 rings (SSSR count). The van der Waals surface area contributed by atoms with Crippen LogP contribution in [-0.4, -0.2) is 43.7 Å². The quantitative estimate of drug-likeness (QED) is 0.672. The van der Waals surface area contributed by atoms with Crippen LogP contribution in [0, 0.1) is 11.7 Å². The van der Waals surface area contributed by atoms with E-state index in [9.17, 15) is 17.6 Å². The predicted molar refractivity (Wildman–Crippen MR) is 108 cm³/mol. The van der Waals surface area contributed by atoms with Crippen LogP contribution in [0.1, 0.15) is 18.4 Å². The first-order chi connectivity index (χ1) is 13.3. The molecule has 0 bridgehead atoms. The maximum Gasteiger partial charge on any atom is 0.243 e. The Morgan fingerprint density at radius 2 is 1.75 bits per heavy atom. The summed E-state index contributed by atoms with van der Waals surface area (Å²) in [4.78, 5) is 14.5. The summed E-state index contributed by atoms with van der Waals surface area (Å²) in [6, 6.07) is 12.6. The summed E-state index contributed by atoms with van der Waals surface area (Å²) in [5.74, 6) is -0.655. The van der Waals surface area contributed by atoms with Gasteiger partial charge in [-0.1, -0.05) is 34.1 Å². The van der Waals surface area contributed by atoms with E-state index in [4.69, 9.17) is 0 Å². The van der Waals surface area contributed by atoms with Crippen molar-refractivity contribution in [3.8, 4) is 0 Å². The molecule has 1 amide bonds. The van der Waals surface area contributed by atoms with Crippen molar-refractivity contribution in [3.63, 3.8) is 0 Å². The van der Waals surface area contributed by atoms with Crippen molar-refractivity contribution in [3.05, 3.63) is 64.4 Å². The van der Waals surface area contributed by atoms with Crippen LogP contribution < -0.4 is 0 Å². The second-order valence-electron chi connectivity index (χ2n) is 6.92.